The van der Waals surface area contributed by atoms with Crippen molar-refractivity contribution in [3.05, 3.63) is 17.5 Å². The van der Waals surface area contributed by atoms with Gasteiger partial charge in [0, 0.05) is 37.3 Å². The summed E-state index contributed by atoms with van der Waals surface area (Å²) < 4.78 is 2.05. The number of rotatable bonds is 3. The number of aryl methyl sites for hydroxylation is 1. The number of carboxylic acid groups (broad SMARTS) is 1. The third-order valence-corrected chi connectivity index (χ3v) is 6.59. The van der Waals surface area contributed by atoms with E-state index in [9.17, 15) is 14.7 Å². The zero-order chi connectivity index (χ0) is 18.5. The minimum absolute atomic E-state index is 0.0884. The molecule has 2 heterocycles. The van der Waals surface area contributed by atoms with Crippen molar-refractivity contribution in [3.63, 3.8) is 0 Å². The molecule has 26 heavy (non-hydrogen) atoms. The zero-order valence-electron chi connectivity index (χ0n) is 15.6. The van der Waals surface area contributed by atoms with Crippen LogP contribution in [0.15, 0.2) is 6.20 Å². The number of nitrogens with zero attached hydrogens (tertiary/aromatic N) is 3. The SMILES string of the molecule is CC(C)n1ncc2c1CC(NC(=O)N1C[C@@H]3CCC[C@@]3(C(=O)O)C1)CC2. The molecule has 142 valence electrons. The molecule has 7 heteroatoms. The normalized spacial score (nSPS) is 30.3. The van der Waals surface area contributed by atoms with Crippen molar-refractivity contribution in [3.8, 4) is 0 Å². The van der Waals surface area contributed by atoms with E-state index in [1.54, 1.807) is 4.90 Å². The first kappa shape index (κ1) is 17.4. The molecule has 1 saturated carbocycles. The Bertz CT molecular complexity index is 728. The Labute approximate surface area is 153 Å². The van der Waals surface area contributed by atoms with Crippen LogP contribution in [0.4, 0.5) is 4.79 Å². The van der Waals surface area contributed by atoms with Crippen molar-refractivity contribution in [2.45, 2.75) is 64.5 Å². The summed E-state index contributed by atoms with van der Waals surface area (Å²) in [6.07, 6.45) is 7.13. The minimum Gasteiger partial charge on any atom is -0.481 e. The molecular weight excluding hydrogens is 332 g/mol. The van der Waals surface area contributed by atoms with Crippen molar-refractivity contribution in [2.24, 2.45) is 11.3 Å². The molecule has 1 aliphatic heterocycles. The molecule has 0 radical (unpaired) electrons. The van der Waals surface area contributed by atoms with Gasteiger partial charge < -0.3 is 15.3 Å². The van der Waals surface area contributed by atoms with Gasteiger partial charge in [0.1, 0.15) is 0 Å². The highest BCUT2D eigenvalue weighted by atomic mass is 16.4. The first-order chi connectivity index (χ1) is 12.4. The lowest BCUT2D eigenvalue weighted by atomic mass is 9.81. The van der Waals surface area contributed by atoms with Gasteiger partial charge in [-0.2, -0.15) is 5.10 Å². The molecule has 7 nitrogen and oxygen atoms in total. The van der Waals surface area contributed by atoms with Crippen molar-refractivity contribution in [1.29, 1.82) is 0 Å². The summed E-state index contributed by atoms with van der Waals surface area (Å²) in [7, 11) is 0. The highest BCUT2D eigenvalue weighted by molar-refractivity contribution is 5.80. The van der Waals surface area contributed by atoms with Crippen LogP contribution in [-0.4, -0.2) is 50.9 Å². The van der Waals surface area contributed by atoms with Crippen LogP contribution in [0.5, 0.6) is 0 Å². The van der Waals surface area contributed by atoms with Gasteiger partial charge in [0.15, 0.2) is 0 Å². The third-order valence-electron chi connectivity index (χ3n) is 6.59. The highest BCUT2D eigenvalue weighted by Crippen LogP contribution is 2.48. The third kappa shape index (κ3) is 2.68. The maximum atomic E-state index is 12.8. The molecular formula is C19H28N4O3. The number of carbonyl (C=O) groups is 2. The molecule has 0 spiro atoms. The first-order valence-corrected chi connectivity index (χ1v) is 9.75. The Hall–Kier alpha value is -2.05. The number of aromatic nitrogens is 2. The van der Waals surface area contributed by atoms with Gasteiger partial charge in [-0.05, 0) is 51.0 Å². The largest absolute Gasteiger partial charge is 0.481 e. The van der Waals surface area contributed by atoms with Crippen molar-refractivity contribution in [2.75, 3.05) is 13.1 Å². The lowest BCUT2D eigenvalue weighted by Crippen LogP contribution is -2.47. The molecule has 1 unspecified atom stereocenters. The summed E-state index contributed by atoms with van der Waals surface area (Å²) in [5.41, 5.74) is 1.79. The van der Waals surface area contributed by atoms with Gasteiger partial charge in [-0.25, -0.2) is 4.79 Å². The molecule has 3 atom stereocenters. The van der Waals surface area contributed by atoms with Crippen molar-refractivity contribution in [1.82, 2.24) is 20.0 Å². The minimum atomic E-state index is -0.738. The van der Waals surface area contributed by atoms with Gasteiger partial charge in [0.25, 0.3) is 0 Å². The van der Waals surface area contributed by atoms with E-state index in [0.29, 0.717) is 25.6 Å². The predicted octanol–water partition coefficient (Wildman–Crippen LogP) is 2.22. The van der Waals surface area contributed by atoms with Crippen LogP contribution < -0.4 is 5.32 Å². The van der Waals surface area contributed by atoms with E-state index in [0.717, 1.165) is 32.1 Å². The fourth-order valence-corrected chi connectivity index (χ4v) is 5.15. The first-order valence-electron chi connectivity index (χ1n) is 9.75. The quantitative estimate of drug-likeness (QED) is 0.865. The number of amides is 2. The molecule has 2 aliphatic carbocycles. The fourth-order valence-electron chi connectivity index (χ4n) is 5.15. The van der Waals surface area contributed by atoms with Crippen LogP contribution in [0.25, 0.3) is 0 Å². The van der Waals surface area contributed by atoms with Crippen LogP contribution in [0.3, 0.4) is 0 Å². The van der Waals surface area contributed by atoms with E-state index in [1.807, 2.05) is 10.9 Å². The molecule has 1 aromatic rings. The number of aliphatic carboxylic acids is 1. The Morgan fingerprint density at radius 3 is 2.88 bits per heavy atom. The molecule has 0 aromatic carbocycles. The van der Waals surface area contributed by atoms with Gasteiger partial charge in [0.2, 0.25) is 0 Å². The van der Waals surface area contributed by atoms with E-state index in [2.05, 4.69) is 24.3 Å². The second-order valence-corrected chi connectivity index (χ2v) is 8.47. The van der Waals surface area contributed by atoms with E-state index >= 15 is 0 Å². The fraction of sp³-hybridized carbons (Fsp3) is 0.737. The number of hydrogen-bond acceptors (Lipinski definition) is 3. The smallest absolute Gasteiger partial charge is 0.317 e. The summed E-state index contributed by atoms with van der Waals surface area (Å²) in [6.45, 7) is 5.15. The number of carbonyl (C=O) groups excluding carboxylic acids is 1. The number of fused-ring (bicyclic) bond motifs is 2. The van der Waals surface area contributed by atoms with Crippen LogP contribution in [0.1, 0.15) is 56.8 Å². The number of nitrogens with one attached hydrogen (secondary N) is 1. The Balaban J connectivity index is 1.42. The topological polar surface area (TPSA) is 87.5 Å². The average Bonchev–Trinajstić information content (AvgIpc) is 3.26. The molecule has 2 amide bonds. The van der Waals surface area contributed by atoms with Crippen LogP contribution >= 0.6 is 0 Å². The summed E-state index contributed by atoms with van der Waals surface area (Å²) in [5.74, 6) is -0.635. The van der Waals surface area contributed by atoms with Gasteiger partial charge in [-0.1, -0.05) is 6.42 Å². The lowest BCUT2D eigenvalue weighted by molar-refractivity contribution is -0.149. The maximum absolute atomic E-state index is 12.8. The van der Waals surface area contributed by atoms with E-state index < -0.39 is 11.4 Å². The van der Waals surface area contributed by atoms with Crippen LogP contribution in [-0.2, 0) is 17.6 Å². The summed E-state index contributed by atoms with van der Waals surface area (Å²) in [6, 6.07) is 0.288. The molecule has 1 saturated heterocycles. The number of urea groups is 1. The van der Waals surface area contributed by atoms with E-state index in [-0.39, 0.29) is 18.0 Å². The molecule has 2 fully saturated rings. The number of hydrogen-bond donors (Lipinski definition) is 2. The highest BCUT2D eigenvalue weighted by Gasteiger charge is 2.55. The Morgan fingerprint density at radius 1 is 1.38 bits per heavy atom. The zero-order valence-corrected chi connectivity index (χ0v) is 15.6. The van der Waals surface area contributed by atoms with Crippen LogP contribution in [0, 0.1) is 11.3 Å². The average molecular weight is 360 g/mol. The Morgan fingerprint density at radius 2 is 2.19 bits per heavy atom. The standard InChI is InChI=1S/C19H28N4O3/c1-12(2)23-16-8-15(6-5-13(16)9-20-23)21-18(26)22-10-14-4-3-7-19(14,11-22)17(24)25/h9,12,14-15H,3-8,10-11H2,1-2H3,(H,21,26)(H,24,25)/t14-,15?,19+/m0/s1. The number of likely N-dealkylation sites (tertiary alicyclic amines) is 1. The summed E-state index contributed by atoms with van der Waals surface area (Å²) in [5, 5.41) is 17.3. The van der Waals surface area contributed by atoms with Gasteiger partial charge >= 0.3 is 12.0 Å². The molecule has 1 aromatic heterocycles. The maximum Gasteiger partial charge on any atom is 0.317 e. The van der Waals surface area contributed by atoms with E-state index in [4.69, 9.17) is 0 Å². The molecule has 0 bridgehead atoms. The second-order valence-electron chi connectivity index (χ2n) is 8.47. The lowest BCUT2D eigenvalue weighted by Gasteiger charge is -2.28. The second kappa shape index (κ2) is 6.28. The van der Waals surface area contributed by atoms with Gasteiger partial charge in [0.05, 0.1) is 11.6 Å². The number of carboxylic acids is 1. The molecule has 3 aliphatic rings. The molecule has 4 rings (SSSR count). The summed E-state index contributed by atoms with van der Waals surface area (Å²) >= 11 is 0. The monoisotopic (exact) mass is 360 g/mol. The van der Waals surface area contributed by atoms with Gasteiger partial charge in [-0.3, -0.25) is 9.48 Å². The van der Waals surface area contributed by atoms with Crippen molar-refractivity contribution < 1.29 is 14.7 Å². The predicted molar refractivity (Wildman–Crippen MR) is 95.9 cm³/mol. The van der Waals surface area contributed by atoms with E-state index in [1.165, 1.54) is 11.3 Å². The van der Waals surface area contributed by atoms with Crippen molar-refractivity contribution >= 4 is 12.0 Å². The summed E-state index contributed by atoms with van der Waals surface area (Å²) in [4.78, 5) is 26.3. The van der Waals surface area contributed by atoms with Crippen LogP contribution in [0.2, 0.25) is 0 Å². The Kier molecular flexibility index (Phi) is 4.20. The molecule has 2 N–H and O–H groups in total. The van der Waals surface area contributed by atoms with Gasteiger partial charge in [-0.15, -0.1) is 0 Å².